The van der Waals surface area contributed by atoms with Gasteiger partial charge in [-0.1, -0.05) is 50.2 Å². The highest BCUT2D eigenvalue weighted by Crippen LogP contribution is 2.31. The Morgan fingerprint density at radius 2 is 1.56 bits per heavy atom. The zero-order chi connectivity index (χ0) is 18.4. The first-order chi connectivity index (χ1) is 12.0. The number of nitrogens with zero attached hydrogens (tertiary/aromatic N) is 1. The molecule has 0 aliphatic rings. The number of rotatable bonds is 7. The molecule has 2 aromatic rings. The van der Waals surface area contributed by atoms with Gasteiger partial charge in [-0.15, -0.1) is 0 Å². The number of nitrogens with two attached hydrogens (primary N) is 1. The predicted octanol–water partition coefficient (Wildman–Crippen LogP) is 2.00. The Morgan fingerprint density at radius 3 is 2.04 bits per heavy atom. The second-order valence-electron chi connectivity index (χ2n) is 5.52. The van der Waals surface area contributed by atoms with Gasteiger partial charge in [0.2, 0.25) is 0 Å². The van der Waals surface area contributed by atoms with Crippen molar-refractivity contribution in [3.8, 4) is 0 Å². The molecule has 0 radical (unpaired) electrons. The van der Waals surface area contributed by atoms with E-state index in [-0.39, 0.29) is 11.4 Å². The predicted molar refractivity (Wildman–Crippen MR) is 98.5 cm³/mol. The minimum absolute atomic E-state index is 0.132. The highest BCUT2D eigenvalue weighted by Gasteiger charge is 2.29. The van der Waals surface area contributed by atoms with Gasteiger partial charge in [0, 0.05) is 0 Å². The number of amides is 1. The maximum atomic E-state index is 13.2. The lowest BCUT2D eigenvalue weighted by atomic mass is 10.0. The topological polar surface area (TPSA) is 92.5 Å². The van der Waals surface area contributed by atoms with E-state index >= 15 is 0 Å². The van der Waals surface area contributed by atoms with Gasteiger partial charge in [0.1, 0.15) is 6.54 Å². The van der Waals surface area contributed by atoms with E-state index in [1.807, 2.05) is 37.5 Å². The van der Waals surface area contributed by atoms with E-state index in [0.717, 1.165) is 15.4 Å². The molecule has 6 nitrogen and oxygen atoms in total. The van der Waals surface area contributed by atoms with Crippen molar-refractivity contribution in [1.82, 2.24) is 5.43 Å². The van der Waals surface area contributed by atoms with Gasteiger partial charge in [0.05, 0.1) is 10.6 Å². The van der Waals surface area contributed by atoms with Crippen LogP contribution in [0.2, 0.25) is 0 Å². The van der Waals surface area contributed by atoms with Crippen molar-refractivity contribution in [3.05, 3.63) is 59.7 Å². The smallest absolute Gasteiger partial charge is 0.264 e. The molecule has 2 rings (SSSR count). The Hall–Kier alpha value is -2.38. The molecule has 0 heterocycles. The fraction of sp³-hybridized carbons (Fsp3) is 0.278. The molecular formula is C18H23N3O3S. The Labute approximate surface area is 148 Å². The van der Waals surface area contributed by atoms with E-state index in [1.165, 1.54) is 12.1 Å². The zero-order valence-electron chi connectivity index (χ0n) is 14.4. The number of hydrazine groups is 1. The van der Waals surface area contributed by atoms with Gasteiger partial charge in [-0.25, -0.2) is 14.3 Å². The van der Waals surface area contributed by atoms with Crippen LogP contribution >= 0.6 is 0 Å². The van der Waals surface area contributed by atoms with Crippen LogP contribution in [0.5, 0.6) is 0 Å². The van der Waals surface area contributed by atoms with Crippen LogP contribution < -0.4 is 15.6 Å². The number of carbonyl (C=O) groups excluding carboxylic acids is 1. The lowest BCUT2D eigenvalue weighted by Gasteiger charge is -2.28. The van der Waals surface area contributed by atoms with Gasteiger partial charge in [-0.2, -0.15) is 0 Å². The maximum Gasteiger partial charge on any atom is 0.264 e. The standard InChI is InChI=1S/C18H23N3O3S/c1-3-14-9-8-10-15(4-2)18(14)21(13-17(22)20-19)25(23,24)16-11-6-5-7-12-16/h5-12H,3-4,13,19H2,1-2H3,(H,20,22). The van der Waals surface area contributed by atoms with E-state index in [0.29, 0.717) is 18.5 Å². The van der Waals surface area contributed by atoms with Gasteiger partial charge in [-0.05, 0) is 36.1 Å². The van der Waals surface area contributed by atoms with E-state index in [4.69, 9.17) is 5.84 Å². The molecule has 2 aromatic carbocycles. The van der Waals surface area contributed by atoms with E-state index in [1.54, 1.807) is 18.2 Å². The quantitative estimate of drug-likeness (QED) is 0.448. The summed E-state index contributed by atoms with van der Waals surface area (Å²) in [7, 11) is -3.91. The van der Waals surface area contributed by atoms with Crippen LogP contribution in [0.15, 0.2) is 53.4 Å². The molecule has 0 fully saturated rings. The molecule has 0 aliphatic heterocycles. The summed E-state index contributed by atoms with van der Waals surface area (Å²) in [5.41, 5.74) is 4.30. The molecule has 1 amide bonds. The molecule has 0 atom stereocenters. The summed E-state index contributed by atoms with van der Waals surface area (Å²) in [6.45, 7) is 3.53. The summed E-state index contributed by atoms with van der Waals surface area (Å²) in [4.78, 5) is 12.1. The van der Waals surface area contributed by atoms with Crippen LogP contribution in [-0.2, 0) is 27.7 Å². The molecule has 7 heteroatoms. The fourth-order valence-corrected chi connectivity index (χ4v) is 4.23. The first-order valence-electron chi connectivity index (χ1n) is 8.13. The van der Waals surface area contributed by atoms with E-state index in [2.05, 4.69) is 0 Å². The fourth-order valence-electron chi connectivity index (χ4n) is 2.72. The van der Waals surface area contributed by atoms with Crippen molar-refractivity contribution in [2.24, 2.45) is 5.84 Å². The van der Waals surface area contributed by atoms with E-state index in [9.17, 15) is 13.2 Å². The van der Waals surface area contributed by atoms with Crippen molar-refractivity contribution < 1.29 is 13.2 Å². The third-order valence-electron chi connectivity index (χ3n) is 3.99. The van der Waals surface area contributed by atoms with Crippen molar-refractivity contribution in [2.75, 3.05) is 10.8 Å². The summed E-state index contributed by atoms with van der Waals surface area (Å²) in [5, 5.41) is 0. The van der Waals surface area contributed by atoms with Crippen LogP contribution in [0.4, 0.5) is 5.69 Å². The lowest BCUT2D eigenvalue weighted by molar-refractivity contribution is -0.119. The van der Waals surface area contributed by atoms with Crippen LogP contribution in [0.3, 0.4) is 0 Å². The van der Waals surface area contributed by atoms with Crippen LogP contribution in [-0.4, -0.2) is 20.9 Å². The lowest BCUT2D eigenvalue weighted by Crippen LogP contribution is -2.43. The van der Waals surface area contributed by atoms with Gasteiger partial charge >= 0.3 is 0 Å². The first-order valence-corrected chi connectivity index (χ1v) is 9.57. The second kappa shape index (κ2) is 8.13. The third-order valence-corrected chi connectivity index (χ3v) is 5.75. The molecule has 0 aliphatic carbocycles. The minimum atomic E-state index is -3.91. The minimum Gasteiger partial charge on any atom is -0.293 e. The number of hydrogen-bond acceptors (Lipinski definition) is 4. The Balaban J connectivity index is 2.69. The summed E-state index contributed by atoms with van der Waals surface area (Å²) in [6, 6.07) is 13.7. The van der Waals surface area contributed by atoms with Gasteiger partial charge < -0.3 is 0 Å². The Kier molecular flexibility index (Phi) is 6.17. The molecule has 3 N–H and O–H groups in total. The maximum absolute atomic E-state index is 13.2. The molecule has 25 heavy (non-hydrogen) atoms. The molecule has 0 aromatic heterocycles. The number of anilines is 1. The number of benzene rings is 2. The molecule has 0 unspecified atom stereocenters. The normalized spacial score (nSPS) is 11.2. The molecule has 0 saturated heterocycles. The number of sulfonamides is 1. The SMILES string of the molecule is CCc1cccc(CC)c1N(CC(=O)NN)S(=O)(=O)c1ccccc1. The molecule has 0 bridgehead atoms. The van der Waals surface area contributed by atoms with Gasteiger partial charge in [0.25, 0.3) is 15.9 Å². The highest BCUT2D eigenvalue weighted by molar-refractivity contribution is 7.92. The average molecular weight is 361 g/mol. The first kappa shape index (κ1) is 19.0. The Morgan fingerprint density at radius 1 is 1.00 bits per heavy atom. The Bertz CT molecular complexity index is 814. The van der Waals surface area contributed by atoms with Crippen LogP contribution in [0.25, 0.3) is 0 Å². The van der Waals surface area contributed by atoms with Crippen molar-refractivity contribution in [2.45, 2.75) is 31.6 Å². The van der Waals surface area contributed by atoms with Crippen molar-refractivity contribution in [1.29, 1.82) is 0 Å². The molecule has 134 valence electrons. The number of nitrogens with one attached hydrogen (secondary N) is 1. The number of hydrogen-bond donors (Lipinski definition) is 2. The van der Waals surface area contributed by atoms with Crippen molar-refractivity contribution >= 4 is 21.6 Å². The summed E-state index contributed by atoms with van der Waals surface area (Å²) in [6.07, 6.45) is 1.29. The van der Waals surface area contributed by atoms with Crippen LogP contribution in [0.1, 0.15) is 25.0 Å². The number of para-hydroxylation sites is 1. The molecule has 0 spiro atoms. The average Bonchev–Trinajstić information content (AvgIpc) is 2.65. The van der Waals surface area contributed by atoms with Gasteiger partial charge in [-0.3, -0.25) is 14.5 Å². The van der Waals surface area contributed by atoms with Gasteiger partial charge in [0.15, 0.2) is 0 Å². The largest absolute Gasteiger partial charge is 0.293 e. The van der Waals surface area contributed by atoms with Crippen LogP contribution in [0, 0.1) is 0 Å². The van der Waals surface area contributed by atoms with Crippen molar-refractivity contribution in [3.63, 3.8) is 0 Å². The highest BCUT2D eigenvalue weighted by atomic mass is 32.2. The summed E-state index contributed by atoms with van der Waals surface area (Å²) < 4.78 is 27.6. The summed E-state index contributed by atoms with van der Waals surface area (Å²) in [5.74, 6) is 4.62. The zero-order valence-corrected chi connectivity index (χ0v) is 15.2. The third kappa shape index (κ3) is 4.00. The second-order valence-corrected chi connectivity index (χ2v) is 7.39. The number of carbonyl (C=O) groups is 1. The molecular weight excluding hydrogens is 338 g/mol. The number of aryl methyl sites for hydroxylation is 2. The van der Waals surface area contributed by atoms with E-state index < -0.39 is 15.9 Å². The monoisotopic (exact) mass is 361 g/mol. The summed E-state index contributed by atoms with van der Waals surface area (Å²) >= 11 is 0. The molecule has 0 saturated carbocycles.